The van der Waals surface area contributed by atoms with Gasteiger partial charge in [-0.2, -0.15) is 5.10 Å². The number of hydrogen-bond acceptors (Lipinski definition) is 3. The van der Waals surface area contributed by atoms with Crippen molar-refractivity contribution in [2.45, 2.75) is 26.2 Å². The van der Waals surface area contributed by atoms with Gasteiger partial charge in [-0.3, -0.25) is 9.59 Å². The molecule has 110 valence electrons. The zero-order chi connectivity index (χ0) is 15.2. The van der Waals surface area contributed by atoms with Gasteiger partial charge in [-0.25, -0.2) is 4.68 Å². The molecule has 2 rings (SSSR count). The van der Waals surface area contributed by atoms with Crippen LogP contribution in [0.4, 0.5) is 5.69 Å². The summed E-state index contributed by atoms with van der Waals surface area (Å²) in [6, 6.07) is 10.6. The summed E-state index contributed by atoms with van der Waals surface area (Å²) in [6.45, 7) is 2.06. The summed E-state index contributed by atoms with van der Waals surface area (Å²) in [5.74, 6) is 0.0323. The number of carbonyl (C=O) groups excluding carboxylic acids is 1. The molecule has 1 heterocycles. The van der Waals surface area contributed by atoms with E-state index >= 15 is 0 Å². The fourth-order valence-electron chi connectivity index (χ4n) is 1.94. The first-order chi connectivity index (χ1) is 10.1. The Labute approximate surface area is 123 Å². The van der Waals surface area contributed by atoms with Crippen molar-refractivity contribution >= 4 is 11.6 Å². The van der Waals surface area contributed by atoms with E-state index in [4.69, 9.17) is 0 Å². The van der Waals surface area contributed by atoms with E-state index in [0.29, 0.717) is 6.42 Å². The van der Waals surface area contributed by atoms with Gasteiger partial charge in [0.05, 0.1) is 5.69 Å². The van der Waals surface area contributed by atoms with Crippen molar-refractivity contribution in [3.63, 3.8) is 0 Å². The molecule has 1 amide bonds. The average molecular weight is 285 g/mol. The van der Waals surface area contributed by atoms with Gasteiger partial charge in [0.1, 0.15) is 0 Å². The van der Waals surface area contributed by atoms with Crippen LogP contribution in [0.15, 0.2) is 41.2 Å². The summed E-state index contributed by atoms with van der Waals surface area (Å²) in [5, 5.41) is 7.05. The lowest BCUT2D eigenvalue weighted by molar-refractivity contribution is -0.116. The maximum Gasteiger partial charge on any atom is 0.266 e. The zero-order valence-corrected chi connectivity index (χ0v) is 12.3. The van der Waals surface area contributed by atoms with E-state index in [9.17, 15) is 9.59 Å². The topological polar surface area (TPSA) is 64.0 Å². The first kappa shape index (κ1) is 15.0. The van der Waals surface area contributed by atoms with Crippen molar-refractivity contribution in [2.24, 2.45) is 7.05 Å². The number of benzene rings is 1. The molecule has 21 heavy (non-hydrogen) atoms. The molecule has 2 aromatic rings. The number of hydrogen-bond donors (Lipinski definition) is 1. The smallest absolute Gasteiger partial charge is 0.266 e. The van der Waals surface area contributed by atoms with Crippen LogP contribution >= 0.6 is 0 Å². The van der Waals surface area contributed by atoms with E-state index in [1.807, 2.05) is 24.3 Å². The van der Waals surface area contributed by atoms with Gasteiger partial charge in [0, 0.05) is 30.8 Å². The summed E-state index contributed by atoms with van der Waals surface area (Å²) in [5.41, 5.74) is 2.25. The molecule has 1 aromatic carbocycles. The molecule has 0 bridgehead atoms. The van der Waals surface area contributed by atoms with Gasteiger partial charge < -0.3 is 5.32 Å². The molecule has 0 spiro atoms. The molecule has 0 fully saturated rings. The molecule has 0 radical (unpaired) electrons. The standard InChI is InChI=1S/C16H19N3O2/c1-3-4-5-15(20)17-13-8-6-12(7-9-13)14-10-11-16(21)19(2)18-14/h6-11H,3-5H2,1-2H3,(H,17,20). The lowest BCUT2D eigenvalue weighted by Gasteiger charge is -2.06. The summed E-state index contributed by atoms with van der Waals surface area (Å²) < 4.78 is 1.30. The van der Waals surface area contributed by atoms with Crippen LogP contribution in [0, 0.1) is 0 Å². The molecular weight excluding hydrogens is 266 g/mol. The lowest BCUT2D eigenvalue weighted by atomic mass is 10.1. The van der Waals surface area contributed by atoms with E-state index in [0.717, 1.165) is 29.8 Å². The Morgan fingerprint density at radius 1 is 1.19 bits per heavy atom. The van der Waals surface area contributed by atoms with Gasteiger partial charge in [-0.1, -0.05) is 25.5 Å². The summed E-state index contributed by atoms with van der Waals surface area (Å²) in [7, 11) is 1.62. The zero-order valence-electron chi connectivity index (χ0n) is 12.3. The molecule has 0 atom stereocenters. The lowest BCUT2D eigenvalue weighted by Crippen LogP contribution is -2.18. The SMILES string of the molecule is CCCCC(=O)Nc1ccc(-c2ccc(=O)n(C)n2)cc1. The van der Waals surface area contributed by atoms with E-state index in [1.54, 1.807) is 13.1 Å². The van der Waals surface area contributed by atoms with Crippen molar-refractivity contribution in [3.05, 3.63) is 46.8 Å². The third-order valence-corrected chi connectivity index (χ3v) is 3.18. The van der Waals surface area contributed by atoms with Crippen molar-refractivity contribution in [1.29, 1.82) is 0 Å². The van der Waals surface area contributed by atoms with Crippen LogP contribution in [0.5, 0.6) is 0 Å². The predicted molar refractivity (Wildman–Crippen MR) is 83.1 cm³/mol. The van der Waals surface area contributed by atoms with E-state index in [-0.39, 0.29) is 11.5 Å². The molecule has 0 unspecified atom stereocenters. The van der Waals surface area contributed by atoms with Crippen molar-refractivity contribution in [2.75, 3.05) is 5.32 Å². The normalized spacial score (nSPS) is 10.4. The number of carbonyl (C=O) groups is 1. The van der Waals surface area contributed by atoms with Gasteiger partial charge in [0.15, 0.2) is 0 Å². The number of aryl methyl sites for hydroxylation is 1. The van der Waals surface area contributed by atoms with Crippen LogP contribution in [0.3, 0.4) is 0 Å². The second kappa shape index (κ2) is 6.83. The van der Waals surface area contributed by atoms with Gasteiger partial charge in [0.25, 0.3) is 5.56 Å². The van der Waals surface area contributed by atoms with Crippen LogP contribution in [0.2, 0.25) is 0 Å². The Balaban J connectivity index is 2.09. The average Bonchev–Trinajstić information content (AvgIpc) is 2.49. The Kier molecular flexibility index (Phi) is 4.87. The summed E-state index contributed by atoms with van der Waals surface area (Å²) in [6.07, 6.45) is 2.44. The molecule has 0 saturated heterocycles. The Morgan fingerprint density at radius 3 is 2.52 bits per heavy atom. The Hall–Kier alpha value is -2.43. The number of unbranched alkanes of at least 4 members (excludes halogenated alkanes) is 1. The maximum atomic E-state index is 11.6. The molecule has 1 aromatic heterocycles. The minimum Gasteiger partial charge on any atom is -0.326 e. The quantitative estimate of drug-likeness (QED) is 0.918. The molecule has 0 aliphatic rings. The molecule has 5 nitrogen and oxygen atoms in total. The largest absolute Gasteiger partial charge is 0.326 e. The second-order valence-electron chi connectivity index (χ2n) is 4.91. The highest BCUT2D eigenvalue weighted by atomic mass is 16.1. The van der Waals surface area contributed by atoms with Crippen LogP contribution in [0.1, 0.15) is 26.2 Å². The fraction of sp³-hybridized carbons (Fsp3) is 0.312. The third kappa shape index (κ3) is 4.02. The van der Waals surface area contributed by atoms with Crippen molar-refractivity contribution in [3.8, 4) is 11.3 Å². The van der Waals surface area contributed by atoms with E-state index < -0.39 is 0 Å². The highest BCUT2D eigenvalue weighted by Crippen LogP contribution is 2.18. The molecular formula is C16H19N3O2. The monoisotopic (exact) mass is 285 g/mol. The number of anilines is 1. The van der Waals surface area contributed by atoms with Gasteiger partial charge in [-0.05, 0) is 24.6 Å². The molecule has 1 N–H and O–H groups in total. The van der Waals surface area contributed by atoms with Crippen LogP contribution in [-0.4, -0.2) is 15.7 Å². The van der Waals surface area contributed by atoms with Gasteiger partial charge in [-0.15, -0.1) is 0 Å². The number of aromatic nitrogens is 2. The highest BCUT2D eigenvalue weighted by Gasteiger charge is 2.04. The number of nitrogens with one attached hydrogen (secondary N) is 1. The summed E-state index contributed by atoms with van der Waals surface area (Å²) in [4.78, 5) is 23.0. The van der Waals surface area contributed by atoms with E-state index in [2.05, 4.69) is 17.3 Å². The Morgan fingerprint density at radius 2 is 1.90 bits per heavy atom. The third-order valence-electron chi connectivity index (χ3n) is 3.18. The molecule has 0 aliphatic carbocycles. The second-order valence-corrected chi connectivity index (χ2v) is 4.91. The minimum absolute atomic E-state index is 0.0323. The molecule has 0 aliphatic heterocycles. The number of rotatable bonds is 5. The van der Waals surface area contributed by atoms with Crippen LogP contribution < -0.4 is 10.9 Å². The van der Waals surface area contributed by atoms with Gasteiger partial charge >= 0.3 is 0 Å². The number of amides is 1. The van der Waals surface area contributed by atoms with Crippen molar-refractivity contribution < 1.29 is 4.79 Å². The number of nitrogens with zero attached hydrogens (tertiary/aromatic N) is 2. The maximum absolute atomic E-state index is 11.6. The molecule has 0 saturated carbocycles. The summed E-state index contributed by atoms with van der Waals surface area (Å²) >= 11 is 0. The predicted octanol–water partition coefficient (Wildman–Crippen LogP) is 2.58. The van der Waals surface area contributed by atoms with E-state index in [1.165, 1.54) is 10.7 Å². The fourth-order valence-corrected chi connectivity index (χ4v) is 1.94. The van der Waals surface area contributed by atoms with Crippen LogP contribution in [-0.2, 0) is 11.8 Å². The minimum atomic E-state index is -0.140. The Bertz CT molecular complexity index is 675. The first-order valence-electron chi connectivity index (χ1n) is 7.05. The molecule has 5 heteroatoms. The van der Waals surface area contributed by atoms with Gasteiger partial charge in [0.2, 0.25) is 5.91 Å². The highest BCUT2D eigenvalue weighted by molar-refractivity contribution is 5.90. The first-order valence-corrected chi connectivity index (χ1v) is 7.05. The van der Waals surface area contributed by atoms with Crippen molar-refractivity contribution in [1.82, 2.24) is 9.78 Å². The van der Waals surface area contributed by atoms with Crippen LogP contribution in [0.25, 0.3) is 11.3 Å².